The number of H-pyrrole nitrogens is 1. The Morgan fingerprint density at radius 2 is 2.06 bits per heavy atom. The minimum atomic E-state index is -0.633. The van der Waals surface area contributed by atoms with Crippen LogP contribution in [0.1, 0.15) is 10.5 Å². The van der Waals surface area contributed by atoms with Gasteiger partial charge in [-0.1, -0.05) is 23.3 Å². The van der Waals surface area contributed by atoms with Crippen molar-refractivity contribution in [3.8, 4) is 0 Å². The lowest BCUT2D eigenvalue weighted by Crippen LogP contribution is -2.26. The Kier molecular flexibility index (Phi) is 3.05. The van der Waals surface area contributed by atoms with Crippen molar-refractivity contribution in [3.63, 3.8) is 0 Å². The van der Waals surface area contributed by atoms with Crippen LogP contribution in [0, 0.1) is 10.1 Å². The van der Waals surface area contributed by atoms with Crippen LogP contribution in [-0.2, 0) is 0 Å². The molecule has 0 spiro atoms. The van der Waals surface area contributed by atoms with E-state index in [1.54, 1.807) is 31.3 Å². The van der Waals surface area contributed by atoms with E-state index in [1.165, 1.54) is 4.90 Å². The molecule has 0 fully saturated rings. The molecule has 2 aromatic rings. The summed E-state index contributed by atoms with van der Waals surface area (Å²) in [7, 11) is 1.58. The molecule has 0 saturated heterocycles. The summed E-state index contributed by atoms with van der Waals surface area (Å²) in [5.41, 5.74) is 0.696. The first kappa shape index (κ1) is 11.8. The number of rotatable bonds is 3. The van der Waals surface area contributed by atoms with Crippen LogP contribution >= 0.6 is 0 Å². The second kappa shape index (κ2) is 4.66. The summed E-state index contributed by atoms with van der Waals surface area (Å²) in [5.74, 6) is -0.717. The van der Waals surface area contributed by atoms with Crippen molar-refractivity contribution >= 4 is 17.4 Å². The molecule has 0 aliphatic heterocycles. The number of benzene rings is 1. The largest absolute Gasteiger partial charge is 0.358 e. The molecule has 0 saturated carbocycles. The van der Waals surface area contributed by atoms with Gasteiger partial charge in [-0.05, 0) is 17.1 Å². The lowest BCUT2D eigenvalue weighted by Gasteiger charge is -2.14. The minimum absolute atomic E-state index is 0.00746. The number of aromatic nitrogens is 2. The minimum Gasteiger partial charge on any atom is -0.358 e. The monoisotopic (exact) mass is 246 g/mol. The predicted molar refractivity (Wildman–Crippen MR) is 64.4 cm³/mol. The molecule has 0 atom stereocenters. The summed E-state index contributed by atoms with van der Waals surface area (Å²) < 4.78 is 0. The molecule has 0 aliphatic rings. The van der Waals surface area contributed by atoms with E-state index in [1.807, 2.05) is 6.07 Å². The molecule has 7 heteroatoms. The summed E-state index contributed by atoms with van der Waals surface area (Å²) in [5, 5.41) is 16.3. The zero-order valence-electron chi connectivity index (χ0n) is 9.53. The van der Waals surface area contributed by atoms with Gasteiger partial charge in [0.05, 0.1) is 6.07 Å². The third-order valence-electron chi connectivity index (χ3n) is 2.43. The Morgan fingerprint density at radius 1 is 1.39 bits per heavy atom. The number of aromatic amines is 1. The maximum atomic E-state index is 12.0. The molecule has 1 amide bonds. The topological polar surface area (TPSA) is 92.1 Å². The number of anilines is 1. The molecule has 1 heterocycles. The Bertz CT molecular complexity index is 579. The van der Waals surface area contributed by atoms with Crippen LogP contribution in [0.2, 0.25) is 0 Å². The van der Waals surface area contributed by atoms with Crippen molar-refractivity contribution in [2.24, 2.45) is 0 Å². The molecule has 0 unspecified atom stereocenters. The molecule has 7 nitrogen and oxygen atoms in total. The number of carbonyl (C=O) groups excluding carboxylic acids is 1. The van der Waals surface area contributed by atoms with Gasteiger partial charge in [-0.2, -0.15) is 0 Å². The van der Waals surface area contributed by atoms with Crippen LogP contribution in [0.3, 0.4) is 0 Å². The van der Waals surface area contributed by atoms with Gasteiger partial charge < -0.3 is 15.0 Å². The van der Waals surface area contributed by atoms with E-state index in [-0.39, 0.29) is 11.5 Å². The average Bonchev–Trinajstić information content (AvgIpc) is 2.88. The number of amides is 1. The average molecular weight is 246 g/mol. The summed E-state index contributed by atoms with van der Waals surface area (Å²) >= 11 is 0. The van der Waals surface area contributed by atoms with Crippen molar-refractivity contribution in [1.82, 2.24) is 10.2 Å². The molecule has 0 bridgehead atoms. The smallest absolute Gasteiger partial charge is 0.343 e. The van der Waals surface area contributed by atoms with Crippen LogP contribution in [0.5, 0.6) is 0 Å². The molecule has 1 aromatic carbocycles. The van der Waals surface area contributed by atoms with E-state index in [9.17, 15) is 14.9 Å². The van der Waals surface area contributed by atoms with E-state index in [0.29, 0.717) is 5.69 Å². The maximum absolute atomic E-state index is 12.0. The quantitative estimate of drug-likeness (QED) is 0.657. The van der Waals surface area contributed by atoms with Gasteiger partial charge in [0, 0.05) is 12.7 Å². The summed E-state index contributed by atoms with van der Waals surface area (Å²) in [6.45, 7) is 0. The Balaban J connectivity index is 2.23. The van der Waals surface area contributed by atoms with E-state index in [4.69, 9.17) is 0 Å². The maximum Gasteiger partial charge on any atom is 0.343 e. The van der Waals surface area contributed by atoms with Gasteiger partial charge >= 0.3 is 5.82 Å². The summed E-state index contributed by atoms with van der Waals surface area (Å²) in [4.78, 5) is 23.2. The van der Waals surface area contributed by atoms with Gasteiger partial charge in [-0.15, -0.1) is 5.10 Å². The highest BCUT2D eigenvalue weighted by atomic mass is 16.6. The molecule has 1 aromatic heterocycles. The normalized spacial score (nSPS) is 10.1. The van der Waals surface area contributed by atoms with E-state index >= 15 is 0 Å². The first-order valence-electron chi connectivity index (χ1n) is 5.12. The van der Waals surface area contributed by atoms with Crippen LogP contribution in [0.4, 0.5) is 11.5 Å². The fraction of sp³-hybridized carbons (Fsp3) is 0.0909. The Labute approximate surface area is 102 Å². The highest BCUT2D eigenvalue weighted by Crippen LogP contribution is 2.15. The number of para-hydroxylation sites is 1. The molecule has 1 N–H and O–H groups in total. The summed E-state index contributed by atoms with van der Waals surface area (Å²) in [6, 6.07) is 10.1. The molecular weight excluding hydrogens is 236 g/mol. The van der Waals surface area contributed by atoms with Crippen molar-refractivity contribution in [3.05, 3.63) is 52.2 Å². The first-order valence-corrected chi connectivity index (χ1v) is 5.12. The van der Waals surface area contributed by atoms with Gasteiger partial charge in [-0.3, -0.25) is 4.79 Å². The number of hydrogen-bond donors (Lipinski definition) is 1. The SMILES string of the molecule is CN(C(=O)c1cc([N+](=O)[O-])[nH]n1)c1ccccc1. The van der Waals surface area contributed by atoms with Gasteiger partial charge in [0.1, 0.15) is 0 Å². The molecule has 0 radical (unpaired) electrons. The number of carbonyl (C=O) groups is 1. The van der Waals surface area contributed by atoms with Crippen molar-refractivity contribution in [1.29, 1.82) is 0 Å². The zero-order chi connectivity index (χ0) is 13.1. The molecule has 92 valence electrons. The molecule has 18 heavy (non-hydrogen) atoms. The number of nitro groups is 1. The molecule has 2 rings (SSSR count). The third-order valence-corrected chi connectivity index (χ3v) is 2.43. The number of hydrogen-bond acceptors (Lipinski definition) is 4. The zero-order valence-corrected chi connectivity index (χ0v) is 9.53. The van der Waals surface area contributed by atoms with Gasteiger partial charge in [0.2, 0.25) is 0 Å². The van der Waals surface area contributed by atoms with E-state index in [2.05, 4.69) is 10.2 Å². The standard InChI is InChI=1S/C11H10N4O3/c1-14(8-5-3-2-4-6-8)11(16)9-7-10(13-12-9)15(17)18/h2-7H,1H3,(H,12,13). The fourth-order valence-corrected chi connectivity index (χ4v) is 1.46. The van der Waals surface area contributed by atoms with Gasteiger partial charge in [-0.25, -0.2) is 0 Å². The molecular formula is C11H10N4O3. The highest BCUT2D eigenvalue weighted by Gasteiger charge is 2.20. The Morgan fingerprint density at radius 3 is 2.61 bits per heavy atom. The lowest BCUT2D eigenvalue weighted by atomic mass is 10.3. The van der Waals surface area contributed by atoms with Crippen LogP contribution in [-0.4, -0.2) is 28.1 Å². The lowest BCUT2D eigenvalue weighted by molar-refractivity contribution is -0.389. The second-order valence-corrected chi connectivity index (χ2v) is 3.60. The first-order chi connectivity index (χ1) is 8.59. The van der Waals surface area contributed by atoms with E-state index in [0.717, 1.165) is 6.07 Å². The Hall–Kier alpha value is -2.70. The second-order valence-electron chi connectivity index (χ2n) is 3.60. The van der Waals surface area contributed by atoms with Gasteiger partial charge in [0.25, 0.3) is 5.91 Å². The van der Waals surface area contributed by atoms with Gasteiger partial charge in [0.15, 0.2) is 5.69 Å². The fourth-order valence-electron chi connectivity index (χ4n) is 1.46. The highest BCUT2D eigenvalue weighted by molar-refractivity contribution is 6.04. The van der Waals surface area contributed by atoms with Crippen molar-refractivity contribution in [2.75, 3.05) is 11.9 Å². The third kappa shape index (κ3) is 2.19. The van der Waals surface area contributed by atoms with Crippen molar-refractivity contribution < 1.29 is 9.72 Å². The van der Waals surface area contributed by atoms with Crippen LogP contribution < -0.4 is 4.90 Å². The van der Waals surface area contributed by atoms with E-state index < -0.39 is 10.8 Å². The number of nitrogens with zero attached hydrogens (tertiary/aromatic N) is 3. The predicted octanol–water partition coefficient (Wildman–Crippen LogP) is 1.59. The number of nitrogens with one attached hydrogen (secondary N) is 1. The van der Waals surface area contributed by atoms with Crippen LogP contribution in [0.25, 0.3) is 0 Å². The van der Waals surface area contributed by atoms with Crippen molar-refractivity contribution in [2.45, 2.75) is 0 Å². The molecule has 0 aliphatic carbocycles. The van der Waals surface area contributed by atoms with Crippen LogP contribution in [0.15, 0.2) is 36.4 Å². The summed E-state index contributed by atoms with van der Waals surface area (Å²) in [6.07, 6.45) is 0.